The summed E-state index contributed by atoms with van der Waals surface area (Å²) in [5.74, 6) is 0.226. The number of hydrogen-bond donors (Lipinski definition) is 0. The summed E-state index contributed by atoms with van der Waals surface area (Å²) < 4.78 is 29.3. The maximum absolute atomic E-state index is 13.8. The van der Waals surface area contributed by atoms with Gasteiger partial charge in [-0.1, -0.05) is 48.0 Å². The Balaban J connectivity index is 1.66. The normalized spacial score (nSPS) is 22.3. The van der Waals surface area contributed by atoms with Crippen LogP contribution in [0.3, 0.4) is 0 Å². The highest BCUT2D eigenvalue weighted by Gasteiger charge is 2.46. The Labute approximate surface area is 166 Å². The van der Waals surface area contributed by atoms with E-state index in [1.165, 1.54) is 11.1 Å². The fourth-order valence-corrected chi connectivity index (χ4v) is 6.57. The van der Waals surface area contributed by atoms with E-state index >= 15 is 0 Å². The minimum Gasteiger partial charge on any atom is -0.306 e. The molecule has 0 bridgehead atoms. The second-order valence-corrected chi connectivity index (χ2v) is 9.91. The van der Waals surface area contributed by atoms with Crippen molar-refractivity contribution in [2.24, 2.45) is 0 Å². The predicted octanol–water partition coefficient (Wildman–Crippen LogP) is 4.14. The lowest BCUT2D eigenvalue weighted by Crippen LogP contribution is -2.47. The zero-order chi connectivity index (χ0) is 19.5. The average Bonchev–Trinajstić information content (AvgIpc) is 3.01. The van der Waals surface area contributed by atoms with Crippen molar-refractivity contribution in [1.82, 2.24) is 4.90 Å². The zero-order valence-corrected chi connectivity index (χ0v) is 17.0. The third-order valence-corrected chi connectivity index (χ3v) is 8.01. The molecule has 0 radical (unpaired) electrons. The second-order valence-electron chi connectivity index (χ2n) is 8.10. The van der Waals surface area contributed by atoms with Crippen LogP contribution in [0.15, 0.2) is 65.6 Å². The van der Waals surface area contributed by atoms with Crippen LogP contribution in [0.25, 0.3) is 10.8 Å². The fourth-order valence-electron chi connectivity index (χ4n) is 4.79. The summed E-state index contributed by atoms with van der Waals surface area (Å²) in [5.41, 5.74) is 3.20. The first-order chi connectivity index (χ1) is 13.4. The van der Waals surface area contributed by atoms with E-state index in [1.807, 2.05) is 42.5 Å². The van der Waals surface area contributed by atoms with Gasteiger partial charge < -0.3 is 4.90 Å². The first-order valence-electron chi connectivity index (χ1n) is 9.77. The van der Waals surface area contributed by atoms with E-state index in [0.29, 0.717) is 4.90 Å². The van der Waals surface area contributed by atoms with Crippen molar-refractivity contribution in [3.8, 4) is 0 Å². The number of hydrogen-bond acceptors (Lipinski definition) is 3. The summed E-state index contributed by atoms with van der Waals surface area (Å²) in [6.07, 6.45) is 0.849. The van der Waals surface area contributed by atoms with Crippen molar-refractivity contribution in [3.63, 3.8) is 0 Å². The standard InChI is InChI=1S/C23H24N2O2S/c1-16-7-10-22-20(13-16)21-15-24(2)12-11-23(21)25(22)28(26,27)19-9-8-17-5-3-4-6-18(17)14-19/h3-10,13-14,21,23H,11-12,15H2,1-2H3/t21-,23-/m0/s1. The quantitative estimate of drug-likeness (QED) is 0.658. The van der Waals surface area contributed by atoms with Gasteiger partial charge in [-0.15, -0.1) is 0 Å². The van der Waals surface area contributed by atoms with Gasteiger partial charge in [0.25, 0.3) is 10.0 Å². The molecule has 5 rings (SSSR count). The maximum atomic E-state index is 13.8. The van der Waals surface area contributed by atoms with Gasteiger partial charge in [0.05, 0.1) is 16.6 Å². The van der Waals surface area contributed by atoms with E-state index in [9.17, 15) is 8.42 Å². The third kappa shape index (κ3) is 2.65. The number of likely N-dealkylation sites (tertiary alicyclic amines) is 1. The highest BCUT2D eigenvalue weighted by molar-refractivity contribution is 7.93. The molecule has 1 saturated heterocycles. The van der Waals surface area contributed by atoms with Crippen LogP contribution < -0.4 is 4.31 Å². The Morgan fingerprint density at radius 2 is 1.75 bits per heavy atom. The molecule has 0 saturated carbocycles. The smallest absolute Gasteiger partial charge is 0.264 e. The van der Waals surface area contributed by atoms with Crippen molar-refractivity contribution >= 4 is 26.5 Å². The number of piperidine rings is 1. The molecule has 5 heteroatoms. The highest BCUT2D eigenvalue weighted by atomic mass is 32.2. The van der Waals surface area contributed by atoms with E-state index in [4.69, 9.17) is 0 Å². The minimum absolute atomic E-state index is 0.00975. The molecule has 3 aromatic carbocycles. The second kappa shape index (κ2) is 6.33. The molecular formula is C23H24N2O2S. The van der Waals surface area contributed by atoms with Crippen LogP contribution in [0.2, 0.25) is 0 Å². The molecule has 2 aliphatic rings. The van der Waals surface area contributed by atoms with Crippen molar-refractivity contribution in [2.75, 3.05) is 24.4 Å². The van der Waals surface area contributed by atoms with Crippen molar-refractivity contribution in [2.45, 2.75) is 30.2 Å². The summed E-state index contributed by atoms with van der Waals surface area (Å²) in [6, 6.07) is 19.5. The van der Waals surface area contributed by atoms with Crippen molar-refractivity contribution < 1.29 is 8.42 Å². The van der Waals surface area contributed by atoms with Crippen LogP contribution in [0, 0.1) is 6.92 Å². The molecule has 0 aliphatic carbocycles. The van der Waals surface area contributed by atoms with E-state index in [0.717, 1.165) is 36.0 Å². The number of anilines is 1. The Morgan fingerprint density at radius 3 is 2.57 bits per heavy atom. The monoisotopic (exact) mass is 392 g/mol. The third-order valence-electron chi connectivity index (χ3n) is 6.18. The summed E-state index contributed by atoms with van der Waals surface area (Å²) in [4.78, 5) is 2.68. The largest absolute Gasteiger partial charge is 0.306 e. The van der Waals surface area contributed by atoms with Gasteiger partial charge in [-0.3, -0.25) is 4.31 Å². The van der Waals surface area contributed by atoms with Crippen LogP contribution in [0.1, 0.15) is 23.5 Å². The van der Waals surface area contributed by atoms with Crippen molar-refractivity contribution in [1.29, 1.82) is 0 Å². The average molecular weight is 393 g/mol. The Hall–Kier alpha value is -2.37. The molecule has 0 spiro atoms. The number of nitrogens with zero attached hydrogens (tertiary/aromatic N) is 2. The van der Waals surface area contributed by atoms with Crippen LogP contribution in [-0.4, -0.2) is 39.5 Å². The summed E-state index contributed by atoms with van der Waals surface area (Å²) in [6.45, 7) is 3.88. The van der Waals surface area contributed by atoms with E-state index < -0.39 is 10.0 Å². The van der Waals surface area contributed by atoms with Gasteiger partial charge in [0, 0.05) is 12.5 Å². The Bertz CT molecular complexity index is 1170. The van der Waals surface area contributed by atoms with Crippen LogP contribution >= 0.6 is 0 Å². The van der Waals surface area contributed by atoms with Gasteiger partial charge in [-0.2, -0.15) is 0 Å². The fraction of sp³-hybridized carbons (Fsp3) is 0.304. The molecule has 0 aromatic heterocycles. The van der Waals surface area contributed by atoms with Gasteiger partial charge in [0.2, 0.25) is 0 Å². The predicted molar refractivity (Wildman–Crippen MR) is 113 cm³/mol. The molecule has 2 heterocycles. The number of likely N-dealkylation sites (N-methyl/N-ethyl adjacent to an activating group) is 1. The lowest BCUT2D eigenvalue weighted by molar-refractivity contribution is 0.237. The van der Waals surface area contributed by atoms with E-state index in [1.54, 1.807) is 16.4 Å². The molecule has 0 unspecified atom stereocenters. The van der Waals surface area contributed by atoms with Crippen LogP contribution in [0.5, 0.6) is 0 Å². The number of rotatable bonds is 2. The summed E-state index contributed by atoms with van der Waals surface area (Å²) >= 11 is 0. The SMILES string of the molecule is Cc1ccc2c(c1)[C@@H]1CN(C)CC[C@@H]1N2S(=O)(=O)c1ccc2ccccc2c1. The molecule has 1 fully saturated rings. The Kier molecular flexibility index (Phi) is 4.00. The molecule has 144 valence electrons. The zero-order valence-electron chi connectivity index (χ0n) is 16.2. The maximum Gasteiger partial charge on any atom is 0.264 e. The summed E-state index contributed by atoms with van der Waals surface area (Å²) in [7, 11) is -1.51. The molecule has 2 aliphatic heterocycles. The van der Waals surface area contributed by atoms with Crippen LogP contribution in [-0.2, 0) is 10.0 Å². The molecule has 28 heavy (non-hydrogen) atoms. The number of sulfonamides is 1. The molecular weight excluding hydrogens is 368 g/mol. The molecule has 0 N–H and O–H groups in total. The highest BCUT2D eigenvalue weighted by Crippen LogP contribution is 2.47. The lowest BCUT2D eigenvalue weighted by atomic mass is 9.89. The first kappa shape index (κ1) is 17.7. The van der Waals surface area contributed by atoms with Crippen LogP contribution in [0.4, 0.5) is 5.69 Å². The van der Waals surface area contributed by atoms with Gasteiger partial charge in [-0.05, 0) is 61.5 Å². The van der Waals surface area contributed by atoms with E-state index in [-0.39, 0.29) is 12.0 Å². The van der Waals surface area contributed by atoms with Gasteiger partial charge in [0.1, 0.15) is 0 Å². The topological polar surface area (TPSA) is 40.6 Å². The van der Waals surface area contributed by atoms with Gasteiger partial charge >= 0.3 is 0 Å². The number of aryl methyl sites for hydroxylation is 1. The van der Waals surface area contributed by atoms with E-state index in [2.05, 4.69) is 24.9 Å². The molecule has 3 aromatic rings. The minimum atomic E-state index is -3.63. The van der Waals surface area contributed by atoms with Crippen molar-refractivity contribution in [3.05, 3.63) is 71.8 Å². The summed E-state index contributed by atoms with van der Waals surface area (Å²) in [5, 5.41) is 2.00. The Morgan fingerprint density at radius 1 is 0.964 bits per heavy atom. The van der Waals surface area contributed by atoms with Gasteiger partial charge in [0.15, 0.2) is 0 Å². The number of fused-ring (bicyclic) bond motifs is 4. The van der Waals surface area contributed by atoms with Gasteiger partial charge in [-0.25, -0.2) is 8.42 Å². The molecule has 0 amide bonds. The number of benzene rings is 3. The lowest BCUT2D eigenvalue weighted by Gasteiger charge is -2.36. The molecule has 4 nitrogen and oxygen atoms in total. The molecule has 2 atom stereocenters. The first-order valence-corrected chi connectivity index (χ1v) is 11.2.